The molecular formula is C21H23ClF3N3O2. The second-order valence-electron chi connectivity index (χ2n) is 6.92. The molecule has 0 unspecified atom stereocenters. The first kappa shape index (κ1) is 23.7. The van der Waals surface area contributed by atoms with E-state index in [1.807, 2.05) is 32.0 Å². The van der Waals surface area contributed by atoms with Gasteiger partial charge in [-0.2, -0.15) is 13.2 Å². The molecular weight excluding hydrogens is 419 g/mol. The molecule has 5 nitrogen and oxygen atoms in total. The molecule has 0 aliphatic heterocycles. The van der Waals surface area contributed by atoms with Crippen LogP contribution in [-0.4, -0.2) is 36.9 Å². The van der Waals surface area contributed by atoms with E-state index in [2.05, 4.69) is 10.6 Å². The average molecular weight is 442 g/mol. The first-order valence-corrected chi connectivity index (χ1v) is 9.62. The molecule has 0 heterocycles. The first-order chi connectivity index (χ1) is 14.0. The van der Waals surface area contributed by atoms with Gasteiger partial charge >= 0.3 is 6.18 Å². The van der Waals surface area contributed by atoms with Crippen LogP contribution in [0.4, 0.5) is 24.5 Å². The molecule has 2 N–H and O–H groups in total. The van der Waals surface area contributed by atoms with Crippen LogP contribution in [0.25, 0.3) is 0 Å². The average Bonchev–Trinajstić information content (AvgIpc) is 2.63. The van der Waals surface area contributed by atoms with E-state index in [9.17, 15) is 22.8 Å². The van der Waals surface area contributed by atoms with Crippen LogP contribution in [0.2, 0.25) is 5.02 Å². The summed E-state index contributed by atoms with van der Waals surface area (Å²) < 4.78 is 38.8. The Labute approximate surface area is 178 Å². The van der Waals surface area contributed by atoms with Gasteiger partial charge in [0.15, 0.2) is 0 Å². The molecule has 0 radical (unpaired) electrons. The number of hydrogen-bond donors (Lipinski definition) is 2. The summed E-state index contributed by atoms with van der Waals surface area (Å²) in [5.41, 5.74) is 1.64. The Morgan fingerprint density at radius 3 is 2.30 bits per heavy atom. The SMILES string of the molecule is CCc1cccc(C)c1NC(=O)CN(C)CC(=O)Nc1ccc(Cl)c(C(F)(F)F)c1. The maximum Gasteiger partial charge on any atom is 0.417 e. The minimum Gasteiger partial charge on any atom is -0.325 e. The van der Waals surface area contributed by atoms with Crippen molar-refractivity contribution >= 4 is 34.8 Å². The van der Waals surface area contributed by atoms with Gasteiger partial charge in [-0.3, -0.25) is 14.5 Å². The molecule has 0 fully saturated rings. The molecule has 0 aliphatic rings. The fourth-order valence-corrected chi connectivity index (χ4v) is 3.17. The summed E-state index contributed by atoms with van der Waals surface area (Å²) in [6.07, 6.45) is -3.86. The molecule has 0 spiro atoms. The summed E-state index contributed by atoms with van der Waals surface area (Å²) in [4.78, 5) is 26.0. The number of carbonyl (C=O) groups is 2. The molecule has 0 aromatic heterocycles. The van der Waals surface area contributed by atoms with Crippen molar-refractivity contribution in [3.63, 3.8) is 0 Å². The number of halogens is 4. The van der Waals surface area contributed by atoms with Crippen LogP contribution >= 0.6 is 11.6 Å². The van der Waals surface area contributed by atoms with E-state index in [0.717, 1.165) is 35.4 Å². The highest BCUT2D eigenvalue weighted by molar-refractivity contribution is 6.31. The van der Waals surface area contributed by atoms with Crippen LogP contribution in [0.3, 0.4) is 0 Å². The monoisotopic (exact) mass is 441 g/mol. The third kappa shape index (κ3) is 6.47. The van der Waals surface area contributed by atoms with Crippen LogP contribution in [0, 0.1) is 6.92 Å². The molecule has 0 bridgehead atoms. The lowest BCUT2D eigenvalue weighted by molar-refractivity contribution is -0.137. The number of alkyl halides is 3. The number of carbonyl (C=O) groups excluding carboxylic acids is 2. The van der Waals surface area contributed by atoms with E-state index >= 15 is 0 Å². The summed E-state index contributed by atoms with van der Waals surface area (Å²) in [5.74, 6) is -0.842. The topological polar surface area (TPSA) is 61.4 Å². The highest BCUT2D eigenvalue weighted by Gasteiger charge is 2.33. The lowest BCUT2D eigenvalue weighted by Crippen LogP contribution is -2.36. The predicted molar refractivity (Wildman–Crippen MR) is 112 cm³/mol. The zero-order chi connectivity index (χ0) is 22.5. The Morgan fingerprint density at radius 2 is 1.70 bits per heavy atom. The van der Waals surface area contributed by atoms with Gasteiger partial charge in [0.1, 0.15) is 0 Å². The van der Waals surface area contributed by atoms with Crippen molar-refractivity contribution in [2.24, 2.45) is 0 Å². The summed E-state index contributed by atoms with van der Waals surface area (Å²) in [6, 6.07) is 8.88. The largest absolute Gasteiger partial charge is 0.417 e. The first-order valence-electron chi connectivity index (χ1n) is 9.24. The van der Waals surface area contributed by atoms with E-state index in [1.54, 1.807) is 7.05 Å². The smallest absolute Gasteiger partial charge is 0.325 e. The summed E-state index contributed by atoms with van der Waals surface area (Å²) in [5, 5.41) is 4.81. The summed E-state index contributed by atoms with van der Waals surface area (Å²) in [6.45, 7) is 3.65. The number of nitrogens with zero attached hydrogens (tertiary/aromatic N) is 1. The molecule has 2 amide bonds. The van der Waals surface area contributed by atoms with Crippen LogP contribution in [0.1, 0.15) is 23.6 Å². The van der Waals surface area contributed by atoms with Crippen LogP contribution in [0.5, 0.6) is 0 Å². The fraction of sp³-hybridized carbons (Fsp3) is 0.333. The summed E-state index contributed by atoms with van der Waals surface area (Å²) in [7, 11) is 1.57. The number of likely N-dealkylation sites (N-methyl/N-ethyl adjacent to an activating group) is 1. The van der Waals surface area contributed by atoms with Crippen molar-refractivity contribution in [3.8, 4) is 0 Å². The van der Waals surface area contributed by atoms with Crippen molar-refractivity contribution in [2.45, 2.75) is 26.4 Å². The van der Waals surface area contributed by atoms with Crippen LogP contribution in [-0.2, 0) is 22.2 Å². The Bertz CT molecular complexity index is 932. The molecule has 0 atom stereocenters. The van der Waals surface area contributed by atoms with Gasteiger partial charge in [-0.15, -0.1) is 0 Å². The Balaban J connectivity index is 1.95. The highest BCUT2D eigenvalue weighted by Crippen LogP contribution is 2.36. The maximum atomic E-state index is 12.9. The van der Waals surface area contributed by atoms with Crippen molar-refractivity contribution in [2.75, 3.05) is 30.8 Å². The number of nitrogens with one attached hydrogen (secondary N) is 2. The maximum absolute atomic E-state index is 12.9. The Hall–Kier alpha value is -2.58. The number of aryl methyl sites for hydroxylation is 2. The lowest BCUT2D eigenvalue weighted by Gasteiger charge is -2.18. The van der Waals surface area contributed by atoms with Gasteiger partial charge in [0, 0.05) is 11.4 Å². The highest BCUT2D eigenvalue weighted by atomic mass is 35.5. The molecule has 9 heteroatoms. The molecule has 2 aromatic carbocycles. The Kier molecular flexibility index (Phi) is 7.86. The molecule has 2 aromatic rings. The third-order valence-electron chi connectivity index (χ3n) is 4.39. The van der Waals surface area contributed by atoms with Crippen molar-refractivity contribution in [1.82, 2.24) is 4.90 Å². The van der Waals surface area contributed by atoms with Gasteiger partial charge in [0.25, 0.3) is 0 Å². The molecule has 2 rings (SSSR count). The minimum atomic E-state index is -4.63. The quantitative estimate of drug-likeness (QED) is 0.652. The molecule has 162 valence electrons. The van der Waals surface area contributed by atoms with Crippen molar-refractivity contribution < 1.29 is 22.8 Å². The standard InChI is InChI=1S/C21H23ClF3N3O2/c1-4-14-7-5-6-13(2)20(14)27-19(30)12-28(3)11-18(29)26-15-8-9-17(22)16(10-15)21(23,24)25/h5-10H,4,11-12H2,1-3H3,(H,26,29)(H,27,30). The van der Waals surface area contributed by atoms with Gasteiger partial charge in [0.05, 0.1) is 23.7 Å². The molecule has 30 heavy (non-hydrogen) atoms. The number of amides is 2. The third-order valence-corrected chi connectivity index (χ3v) is 4.72. The summed E-state index contributed by atoms with van der Waals surface area (Å²) >= 11 is 5.57. The normalized spacial score (nSPS) is 11.5. The van der Waals surface area contributed by atoms with Gasteiger partial charge < -0.3 is 10.6 Å². The van der Waals surface area contributed by atoms with E-state index < -0.39 is 22.7 Å². The second-order valence-corrected chi connectivity index (χ2v) is 7.33. The minimum absolute atomic E-state index is 0.0259. The van der Waals surface area contributed by atoms with Crippen LogP contribution < -0.4 is 10.6 Å². The lowest BCUT2D eigenvalue weighted by atomic mass is 10.1. The van der Waals surface area contributed by atoms with Crippen LogP contribution in [0.15, 0.2) is 36.4 Å². The fourth-order valence-electron chi connectivity index (χ4n) is 2.95. The van der Waals surface area contributed by atoms with E-state index in [4.69, 9.17) is 11.6 Å². The van der Waals surface area contributed by atoms with Gasteiger partial charge in [-0.05, 0) is 49.7 Å². The second kappa shape index (κ2) is 9.95. The molecule has 0 aliphatic carbocycles. The zero-order valence-corrected chi connectivity index (χ0v) is 17.6. The number of hydrogen-bond acceptors (Lipinski definition) is 3. The number of para-hydroxylation sites is 1. The van der Waals surface area contributed by atoms with E-state index in [0.29, 0.717) is 0 Å². The predicted octanol–water partition coefficient (Wildman–Crippen LogP) is 4.74. The number of rotatable bonds is 7. The van der Waals surface area contributed by atoms with Gasteiger partial charge in [-0.25, -0.2) is 0 Å². The zero-order valence-electron chi connectivity index (χ0n) is 16.9. The molecule has 0 saturated heterocycles. The van der Waals surface area contributed by atoms with E-state index in [1.165, 1.54) is 11.0 Å². The number of benzene rings is 2. The van der Waals surface area contributed by atoms with E-state index in [-0.39, 0.29) is 24.7 Å². The van der Waals surface area contributed by atoms with Crippen molar-refractivity contribution in [1.29, 1.82) is 0 Å². The number of anilines is 2. The van der Waals surface area contributed by atoms with Gasteiger partial charge in [-0.1, -0.05) is 36.7 Å². The Morgan fingerprint density at radius 1 is 1.07 bits per heavy atom. The molecule has 0 saturated carbocycles. The van der Waals surface area contributed by atoms with Gasteiger partial charge in [0.2, 0.25) is 11.8 Å². The van der Waals surface area contributed by atoms with Crippen molar-refractivity contribution in [3.05, 3.63) is 58.1 Å².